The van der Waals surface area contributed by atoms with Gasteiger partial charge in [0.2, 0.25) is 0 Å². The number of carbonyl (C=O) groups is 1. The number of piperidine rings is 1. The minimum absolute atomic E-state index is 0.104. The summed E-state index contributed by atoms with van der Waals surface area (Å²) in [6, 6.07) is 5.98. The molecule has 1 aliphatic rings. The number of aromatic nitrogens is 3. The van der Waals surface area contributed by atoms with Crippen molar-refractivity contribution >= 4 is 23.2 Å². The summed E-state index contributed by atoms with van der Waals surface area (Å²) >= 11 is 6.34. The van der Waals surface area contributed by atoms with Crippen molar-refractivity contribution in [3.05, 3.63) is 40.9 Å². The highest BCUT2D eigenvalue weighted by atomic mass is 35.5. The molecule has 0 N–H and O–H groups in total. The maximum Gasteiger partial charge on any atom is 0.255 e. The van der Waals surface area contributed by atoms with E-state index >= 15 is 0 Å². The molecule has 0 atom stereocenters. The van der Waals surface area contributed by atoms with Crippen molar-refractivity contribution in [2.45, 2.75) is 45.7 Å². The number of nitrogens with zero attached hydrogens (tertiary/aromatic N) is 5. The number of benzene rings is 1. The molecule has 1 saturated heterocycles. The predicted molar refractivity (Wildman–Crippen MR) is 104 cm³/mol. The third-order valence-electron chi connectivity index (χ3n) is 4.83. The molecule has 26 heavy (non-hydrogen) atoms. The summed E-state index contributed by atoms with van der Waals surface area (Å²) in [5.41, 5.74) is 1.60. The first-order valence-electron chi connectivity index (χ1n) is 9.15. The van der Waals surface area contributed by atoms with Crippen LogP contribution in [0.15, 0.2) is 24.5 Å². The monoisotopic (exact) mass is 375 g/mol. The highest BCUT2D eigenvalue weighted by Crippen LogP contribution is 2.27. The quantitative estimate of drug-likeness (QED) is 0.798. The molecule has 0 radical (unpaired) electrons. The van der Waals surface area contributed by atoms with E-state index in [0.29, 0.717) is 17.1 Å². The highest BCUT2D eigenvalue weighted by molar-refractivity contribution is 6.34. The van der Waals surface area contributed by atoms with E-state index in [9.17, 15) is 4.79 Å². The van der Waals surface area contributed by atoms with Crippen LogP contribution in [0.1, 0.15) is 55.3 Å². The number of rotatable bonds is 5. The largest absolute Gasteiger partial charge is 0.372 e. The molecule has 0 saturated carbocycles. The fourth-order valence-electron chi connectivity index (χ4n) is 3.33. The Morgan fingerprint density at radius 1 is 1.27 bits per heavy atom. The van der Waals surface area contributed by atoms with Gasteiger partial charge in [-0.15, -0.1) is 10.2 Å². The zero-order valence-corrected chi connectivity index (χ0v) is 16.4. The van der Waals surface area contributed by atoms with Gasteiger partial charge in [0.1, 0.15) is 6.33 Å². The molecule has 1 aromatic heterocycles. The average molecular weight is 376 g/mol. The van der Waals surface area contributed by atoms with Crippen LogP contribution in [0.25, 0.3) is 0 Å². The lowest BCUT2D eigenvalue weighted by atomic mass is 10.1. The predicted octanol–water partition coefficient (Wildman–Crippen LogP) is 3.77. The van der Waals surface area contributed by atoms with Gasteiger partial charge in [-0.3, -0.25) is 4.79 Å². The van der Waals surface area contributed by atoms with Gasteiger partial charge in [0, 0.05) is 31.9 Å². The Hall–Kier alpha value is -2.08. The normalized spacial score (nSPS) is 14.7. The number of halogens is 1. The van der Waals surface area contributed by atoms with Crippen molar-refractivity contribution in [1.29, 1.82) is 0 Å². The molecule has 7 heteroatoms. The smallest absolute Gasteiger partial charge is 0.255 e. The van der Waals surface area contributed by atoms with Crippen LogP contribution in [-0.4, -0.2) is 45.7 Å². The highest BCUT2D eigenvalue weighted by Gasteiger charge is 2.20. The minimum Gasteiger partial charge on any atom is -0.372 e. The van der Waals surface area contributed by atoms with Gasteiger partial charge in [-0.05, 0) is 51.3 Å². The average Bonchev–Trinajstić information content (AvgIpc) is 3.10. The molecule has 140 valence electrons. The van der Waals surface area contributed by atoms with Crippen LogP contribution >= 0.6 is 11.6 Å². The van der Waals surface area contributed by atoms with Crippen molar-refractivity contribution in [2.24, 2.45) is 0 Å². The molecule has 1 aliphatic heterocycles. The molecule has 1 fully saturated rings. The molecule has 0 bridgehead atoms. The topological polar surface area (TPSA) is 54.3 Å². The molecular formula is C19H26ClN5O. The number of hydrogen-bond donors (Lipinski definition) is 0. The molecule has 2 aromatic rings. The third-order valence-corrected chi connectivity index (χ3v) is 5.16. The second-order valence-electron chi connectivity index (χ2n) is 7.12. The molecule has 3 rings (SSSR count). The zero-order valence-electron chi connectivity index (χ0n) is 15.7. The molecule has 0 aliphatic carbocycles. The van der Waals surface area contributed by atoms with E-state index in [0.717, 1.165) is 24.6 Å². The lowest BCUT2D eigenvalue weighted by molar-refractivity contribution is 0.0779. The van der Waals surface area contributed by atoms with Crippen LogP contribution in [0.5, 0.6) is 0 Å². The van der Waals surface area contributed by atoms with Crippen molar-refractivity contribution in [1.82, 2.24) is 19.7 Å². The van der Waals surface area contributed by atoms with Gasteiger partial charge in [0.15, 0.2) is 5.82 Å². The van der Waals surface area contributed by atoms with Gasteiger partial charge in [-0.2, -0.15) is 0 Å². The van der Waals surface area contributed by atoms with E-state index in [1.54, 1.807) is 18.3 Å². The maximum atomic E-state index is 13.0. The summed E-state index contributed by atoms with van der Waals surface area (Å²) in [4.78, 5) is 16.9. The SMILES string of the molecule is CC(C)n1cnnc1CN(C)C(=O)c1cc(N2CCCCC2)ccc1Cl. The van der Waals surface area contributed by atoms with Crippen molar-refractivity contribution in [3.8, 4) is 0 Å². The Bertz CT molecular complexity index is 767. The summed E-state index contributed by atoms with van der Waals surface area (Å²) in [5.74, 6) is 0.659. The van der Waals surface area contributed by atoms with Crippen LogP contribution in [0.4, 0.5) is 5.69 Å². The fraction of sp³-hybridized carbons (Fsp3) is 0.526. The lowest BCUT2D eigenvalue weighted by Gasteiger charge is -2.29. The van der Waals surface area contributed by atoms with E-state index in [1.807, 2.05) is 22.8 Å². The number of carbonyl (C=O) groups excluding carboxylic acids is 1. The number of anilines is 1. The van der Waals surface area contributed by atoms with Crippen LogP contribution in [0.2, 0.25) is 5.02 Å². The van der Waals surface area contributed by atoms with Gasteiger partial charge in [-0.25, -0.2) is 0 Å². The summed E-state index contributed by atoms with van der Waals surface area (Å²) in [6.45, 7) is 6.58. The summed E-state index contributed by atoms with van der Waals surface area (Å²) < 4.78 is 1.97. The second kappa shape index (κ2) is 8.08. The van der Waals surface area contributed by atoms with Crippen LogP contribution in [0.3, 0.4) is 0 Å². The van der Waals surface area contributed by atoms with Crippen molar-refractivity contribution < 1.29 is 4.79 Å². The van der Waals surface area contributed by atoms with Gasteiger partial charge < -0.3 is 14.4 Å². The van der Waals surface area contributed by atoms with Gasteiger partial charge in [-0.1, -0.05) is 11.6 Å². The van der Waals surface area contributed by atoms with E-state index in [-0.39, 0.29) is 11.9 Å². The van der Waals surface area contributed by atoms with E-state index in [1.165, 1.54) is 19.3 Å². The molecule has 0 spiro atoms. The Kier molecular flexibility index (Phi) is 5.81. The molecule has 0 unspecified atom stereocenters. The maximum absolute atomic E-state index is 13.0. The molecule has 2 heterocycles. The first-order chi connectivity index (χ1) is 12.5. The summed E-state index contributed by atoms with van der Waals surface area (Å²) in [7, 11) is 1.77. The molecular weight excluding hydrogens is 350 g/mol. The zero-order chi connectivity index (χ0) is 18.7. The fourth-order valence-corrected chi connectivity index (χ4v) is 3.52. The Morgan fingerprint density at radius 3 is 2.69 bits per heavy atom. The molecule has 1 aromatic carbocycles. The van der Waals surface area contributed by atoms with E-state index in [4.69, 9.17) is 11.6 Å². The van der Waals surface area contributed by atoms with Crippen LogP contribution in [0, 0.1) is 0 Å². The van der Waals surface area contributed by atoms with Gasteiger partial charge in [0.25, 0.3) is 5.91 Å². The first-order valence-corrected chi connectivity index (χ1v) is 9.53. The van der Waals surface area contributed by atoms with Gasteiger partial charge >= 0.3 is 0 Å². The third kappa shape index (κ3) is 4.01. The van der Waals surface area contributed by atoms with E-state index < -0.39 is 0 Å². The summed E-state index contributed by atoms with van der Waals surface area (Å²) in [5, 5.41) is 8.59. The lowest BCUT2D eigenvalue weighted by Crippen LogP contribution is -2.31. The molecule has 6 nitrogen and oxygen atoms in total. The van der Waals surface area contributed by atoms with Crippen molar-refractivity contribution in [2.75, 3.05) is 25.0 Å². The number of amides is 1. The Balaban J connectivity index is 1.78. The minimum atomic E-state index is -0.104. The van der Waals surface area contributed by atoms with Crippen molar-refractivity contribution in [3.63, 3.8) is 0 Å². The Labute approximate surface area is 159 Å². The number of hydrogen-bond acceptors (Lipinski definition) is 4. The van der Waals surface area contributed by atoms with Crippen LogP contribution < -0.4 is 4.90 Å². The van der Waals surface area contributed by atoms with Crippen LogP contribution in [-0.2, 0) is 6.54 Å². The van der Waals surface area contributed by atoms with Gasteiger partial charge in [0.05, 0.1) is 17.1 Å². The summed E-state index contributed by atoms with van der Waals surface area (Å²) in [6.07, 6.45) is 5.35. The second-order valence-corrected chi connectivity index (χ2v) is 7.53. The first kappa shape index (κ1) is 18.7. The van der Waals surface area contributed by atoms with E-state index in [2.05, 4.69) is 28.9 Å². The Morgan fingerprint density at radius 2 is 2.00 bits per heavy atom. The standard InChI is InChI=1S/C19H26ClN5O/c1-14(2)25-13-21-22-18(25)12-23(3)19(26)16-11-15(7-8-17(16)20)24-9-5-4-6-10-24/h7-8,11,13-14H,4-6,9-10,12H2,1-3H3. The molecule has 1 amide bonds.